The van der Waals surface area contributed by atoms with E-state index in [9.17, 15) is 9.50 Å². The Hall–Kier alpha value is -1.13. The van der Waals surface area contributed by atoms with E-state index in [1.54, 1.807) is 19.2 Å². The Bertz CT molecular complexity index is 384. The van der Waals surface area contributed by atoms with Crippen LogP contribution in [0.1, 0.15) is 24.8 Å². The highest BCUT2D eigenvalue weighted by atomic mass is 19.1. The van der Waals surface area contributed by atoms with Gasteiger partial charge in [-0.05, 0) is 25.3 Å². The van der Waals surface area contributed by atoms with Crippen molar-refractivity contribution >= 4 is 0 Å². The lowest BCUT2D eigenvalue weighted by Crippen LogP contribution is -2.26. The zero-order valence-corrected chi connectivity index (χ0v) is 9.95. The number of phenolic OH excluding ortho intramolecular Hbond substituents is 1. The minimum atomic E-state index is -0.564. The molecule has 0 saturated heterocycles. The third-order valence-electron chi connectivity index (χ3n) is 3.37. The van der Waals surface area contributed by atoms with Crippen LogP contribution in [0.25, 0.3) is 0 Å². The first kappa shape index (κ1) is 12.3. The molecule has 3 nitrogen and oxygen atoms in total. The molecule has 2 atom stereocenters. The van der Waals surface area contributed by atoms with Gasteiger partial charge in [-0.2, -0.15) is 0 Å². The maximum atomic E-state index is 13.1. The van der Waals surface area contributed by atoms with Crippen LogP contribution in [0.4, 0.5) is 4.39 Å². The molecule has 0 aliphatic heterocycles. The predicted octanol–water partition coefficient (Wildman–Crippen LogP) is 2.19. The summed E-state index contributed by atoms with van der Waals surface area (Å²) >= 11 is 0. The molecule has 0 bridgehead atoms. The molecule has 0 heterocycles. The van der Waals surface area contributed by atoms with Gasteiger partial charge in [0, 0.05) is 25.3 Å². The van der Waals surface area contributed by atoms with Crippen LogP contribution in [-0.2, 0) is 11.3 Å². The van der Waals surface area contributed by atoms with E-state index in [1.165, 1.54) is 6.07 Å². The lowest BCUT2D eigenvalue weighted by molar-refractivity contribution is 0.107. The summed E-state index contributed by atoms with van der Waals surface area (Å²) in [6, 6.07) is 4.99. The molecule has 94 valence electrons. The largest absolute Gasteiger partial charge is 0.505 e. The molecular weight excluding hydrogens is 221 g/mol. The van der Waals surface area contributed by atoms with Crippen molar-refractivity contribution in [1.82, 2.24) is 5.32 Å². The monoisotopic (exact) mass is 239 g/mol. The molecule has 1 aliphatic carbocycles. The number of methoxy groups -OCH3 is 1. The number of rotatable bonds is 4. The van der Waals surface area contributed by atoms with Crippen molar-refractivity contribution < 1.29 is 14.2 Å². The fourth-order valence-electron chi connectivity index (χ4n) is 2.30. The number of nitrogens with one attached hydrogen (secondary N) is 1. The number of phenols is 1. The van der Waals surface area contributed by atoms with Crippen LogP contribution in [-0.4, -0.2) is 24.4 Å². The molecule has 1 aromatic carbocycles. The van der Waals surface area contributed by atoms with Crippen molar-refractivity contribution in [2.45, 2.75) is 38.0 Å². The molecule has 2 rings (SSSR count). The normalized spacial score (nSPS) is 24.1. The molecule has 0 aromatic heterocycles. The average molecular weight is 239 g/mol. The van der Waals surface area contributed by atoms with Gasteiger partial charge in [-0.1, -0.05) is 12.1 Å². The first-order valence-electron chi connectivity index (χ1n) is 5.93. The molecule has 1 aromatic rings. The average Bonchev–Trinajstić information content (AvgIpc) is 2.79. The van der Waals surface area contributed by atoms with Crippen LogP contribution in [0.3, 0.4) is 0 Å². The zero-order valence-electron chi connectivity index (χ0n) is 9.95. The van der Waals surface area contributed by atoms with Crippen LogP contribution in [0, 0.1) is 5.82 Å². The van der Waals surface area contributed by atoms with Gasteiger partial charge in [-0.3, -0.25) is 0 Å². The Morgan fingerprint density at radius 2 is 2.29 bits per heavy atom. The third kappa shape index (κ3) is 2.96. The van der Waals surface area contributed by atoms with Gasteiger partial charge in [0.1, 0.15) is 0 Å². The van der Waals surface area contributed by atoms with Crippen molar-refractivity contribution in [3.8, 4) is 5.75 Å². The van der Waals surface area contributed by atoms with E-state index in [2.05, 4.69) is 5.32 Å². The van der Waals surface area contributed by atoms with Crippen LogP contribution in [0.15, 0.2) is 18.2 Å². The topological polar surface area (TPSA) is 41.5 Å². The van der Waals surface area contributed by atoms with Crippen molar-refractivity contribution in [3.05, 3.63) is 29.6 Å². The predicted molar refractivity (Wildman–Crippen MR) is 63.3 cm³/mol. The van der Waals surface area contributed by atoms with Crippen LogP contribution in [0.2, 0.25) is 0 Å². The minimum absolute atomic E-state index is 0.249. The second kappa shape index (κ2) is 5.47. The lowest BCUT2D eigenvalue weighted by atomic mass is 10.1. The summed E-state index contributed by atoms with van der Waals surface area (Å²) < 4.78 is 18.4. The summed E-state index contributed by atoms with van der Waals surface area (Å²) in [7, 11) is 1.73. The summed E-state index contributed by atoms with van der Waals surface area (Å²) in [5.74, 6) is -0.813. The second-order valence-electron chi connectivity index (χ2n) is 4.50. The highest BCUT2D eigenvalue weighted by Gasteiger charge is 2.24. The van der Waals surface area contributed by atoms with E-state index in [0.717, 1.165) is 19.3 Å². The smallest absolute Gasteiger partial charge is 0.165 e. The number of hydrogen-bond donors (Lipinski definition) is 2. The lowest BCUT2D eigenvalue weighted by Gasteiger charge is -2.13. The molecule has 1 fully saturated rings. The second-order valence-corrected chi connectivity index (χ2v) is 4.50. The van der Waals surface area contributed by atoms with Gasteiger partial charge in [0.15, 0.2) is 11.6 Å². The Kier molecular flexibility index (Phi) is 3.97. The molecule has 1 aliphatic rings. The molecule has 1 saturated carbocycles. The van der Waals surface area contributed by atoms with E-state index >= 15 is 0 Å². The summed E-state index contributed by atoms with van der Waals surface area (Å²) in [5, 5.41) is 12.9. The standard InChI is InChI=1S/C13H18FNO2/c1-17-11-6-5-10(7-11)15-8-9-3-2-4-12(14)13(9)16/h2-4,10-11,15-16H,5-8H2,1H3. The van der Waals surface area contributed by atoms with Gasteiger partial charge in [-0.15, -0.1) is 0 Å². The van der Waals surface area contributed by atoms with Gasteiger partial charge >= 0.3 is 0 Å². The van der Waals surface area contributed by atoms with Crippen LogP contribution in [0.5, 0.6) is 5.75 Å². The SMILES string of the molecule is COC1CCC(NCc2cccc(F)c2O)C1. The maximum Gasteiger partial charge on any atom is 0.165 e. The van der Waals surface area contributed by atoms with Gasteiger partial charge in [-0.25, -0.2) is 4.39 Å². The van der Waals surface area contributed by atoms with E-state index in [1.807, 2.05) is 0 Å². The van der Waals surface area contributed by atoms with E-state index in [0.29, 0.717) is 24.3 Å². The molecule has 0 radical (unpaired) electrons. The van der Waals surface area contributed by atoms with Crippen molar-refractivity contribution in [1.29, 1.82) is 0 Å². The number of aromatic hydroxyl groups is 1. The molecule has 0 amide bonds. The van der Waals surface area contributed by atoms with Crippen molar-refractivity contribution in [2.75, 3.05) is 7.11 Å². The first-order chi connectivity index (χ1) is 8.20. The quantitative estimate of drug-likeness (QED) is 0.846. The Labute approximate surface area is 101 Å². The Morgan fingerprint density at radius 1 is 1.47 bits per heavy atom. The fraction of sp³-hybridized carbons (Fsp3) is 0.538. The summed E-state index contributed by atoms with van der Waals surface area (Å²) in [5.41, 5.74) is 0.603. The third-order valence-corrected chi connectivity index (χ3v) is 3.37. The van der Waals surface area contributed by atoms with E-state index in [-0.39, 0.29) is 5.75 Å². The fourth-order valence-corrected chi connectivity index (χ4v) is 2.30. The van der Waals surface area contributed by atoms with Crippen LogP contribution >= 0.6 is 0 Å². The Balaban J connectivity index is 1.88. The van der Waals surface area contributed by atoms with Gasteiger partial charge in [0.05, 0.1) is 6.10 Å². The summed E-state index contributed by atoms with van der Waals surface area (Å²) in [4.78, 5) is 0. The van der Waals surface area contributed by atoms with Crippen molar-refractivity contribution in [2.24, 2.45) is 0 Å². The highest BCUT2D eigenvalue weighted by Crippen LogP contribution is 2.24. The Morgan fingerprint density at radius 3 is 3.00 bits per heavy atom. The maximum absolute atomic E-state index is 13.1. The molecule has 0 spiro atoms. The molecule has 2 unspecified atom stereocenters. The number of benzene rings is 1. The summed E-state index contributed by atoms with van der Waals surface area (Å²) in [6.45, 7) is 0.491. The minimum Gasteiger partial charge on any atom is -0.505 e. The summed E-state index contributed by atoms with van der Waals surface area (Å²) in [6.07, 6.45) is 3.43. The first-order valence-corrected chi connectivity index (χ1v) is 5.93. The number of halogens is 1. The number of hydrogen-bond acceptors (Lipinski definition) is 3. The molecule has 17 heavy (non-hydrogen) atoms. The van der Waals surface area contributed by atoms with Crippen LogP contribution < -0.4 is 5.32 Å². The van der Waals surface area contributed by atoms with E-state index in [4.69, 9.17) is 4.74 Å². The molecule has 2 N–H and O–H groups in total. The number of para-hydroxylation sites is 1. The van der Waals surface area contributed by atoms with Gasteiger partial charge in [0.25, 0.3) is 0 Å². The van der Waals surface area contributed by atoms with E-state index < -0.39 is 5.82 Å². The zero-order chi connectivity index (χ0) is 12.3. The molecular formula is C13H18FNO2. The van der Waals surface area contributed by atoms with Gasteiger partial charge in [0.2, 0.25) is 0 Å². The number of ether oxygens (including phenoxy) is 1. The van der Waals surface area contributed by atoms with Gasteiger partial charge < -0.3 is 15.2 Å². The highest BCUT2D eigenvalue weighted by molar-refractivity contribution is 5.33. The van der Waals surface area contributed by atoms with Crippen molar-refractivity contribution in [3.63, 3.8) is 0 Å². The molecule has 4 heteroatoms.